The minimum Gasteiger partial charge on any atom is -0.349 e. The quantitative estimate of drug-likeness (QED) is 0.678. The Morgan fingerprint density at radius 2 is 1.52 bits per heavy atom. The van der Waals surface area contributed by atoms with E-state index in [1.807, 2.05) is 65.6 Å². The summed E-state index contributed by atoms with van der Waals surface area (Å²) in [6.45, 7) is 0.570. The molecule has 4 heteroatoms. The summed E-state index contributed by atoms with van der Waals surface area (Å²) in [5.74, 6) is 0.0687. The summed E-state index contributed by atoms with van der Waals surface area (Å²) in [6, 6.07) is 22.3. The predicted molar refractivity (Wildman–Crippen MR) is 114 cm³/mol. The molecule has 1 N–H and O–H groups in total. The van der Waals surface area contributed by atoms with Gasteiger partial charge in [0.1, 0.15) is 0 Å². The van der Waals surface area contributed by atoms with Crippen LogP contribution in [0.3, 0.4) is 0 Å². The summed E-state index contributed by atoms with van der Waals surface area (Å²) in [4.78, 5) is 27.4. The Balaban J connectivity index is 1.33. The number of carbonyl (C=O) groups is 2. The Kier molecular flexibility index (Phi) is 4.55. The molecule has 3 aromatic rings. The van der Waals surface area contributed by atoms with Gasteiger partial charge in [-0.1, -0.05) is 42.5 Å². The van der Waals surface area contributed by atoms with Gasteiger partial charge in [0.2, 0.25) is 0 Å². The maximum atomic E-state index is 13.2. The highest BCUT2D eigenvalue weighted by Gasteiger charge is 2.33. The van der Waals surface area contributed by atoms with Crippen molar-refractivity contribution in [2.45, 2.75) is 44.3 Å². The van der Waals surface area contributed by atoms with E-state index in [1.165, 1.54) is 0 Å². The molecule has 0 spiro atoms. The Bertz CT molecular complexity index is 1070. The van der Waals surface area contributed by atoms with Crippen LogP contribution >= 0.6 is 0 Å². The molecule has 0 atom stereocenters. The van der Waals surface area contributed by atoms with Crippen molar-refractivity contribution >= 4 is 22.6 Å². The highest BCUT2D eigenvalue weighted by Crippen LogP contribution is 2.30. The fourth-order valence-corrected chi connectivity index (χ4v) is 3.70. The number of carbonyl (C=O) groups excluding carboxylic acids is 2. The number of nitrogens with one attached hydrogen (secondary N) is 1. The van der Waals surface area contributed by atoms with Gasteiger partial charge in [-0.15, -0.1) is 0 Å². The van der Waals surface area contributed by atoms with Gasteiger partial charge in [0.25, 0.3) is 11.8 Å². The van der Waals surface area contributed by atoms with Gasteiger partial charge in [-0.05, 0) is 66.3 Å². The fourth-order valence-electron chi connectivity index (χ4n) is 3.70. The molecule has 0 unspecified atom stereocenters. The molecule has 0 saturated heterocycles. The molecule has 2 amide bonds. The van der Waals surface area contributed by atoms with Crippen LogP contribution < -0.4 is 5.32 Å². The number of amides is 2. The second-order valence-electron chi connectivity index (χ2n) is 8.17. The Morgan fingerprint density at radius 1 is 0.828 bits per heavy atom. The van der Waals surface area contributed by atoms with Crippen LogP contribution in [0.25, 0.3) is 10.8 Å². The molecule has 146 valence electrons. The van der Waals surface area contributed by atoms with E-state index in [2.05, 4.69) is 11.4 Å². The molecule has 3 aromatic carbocycles. The lowest BCUT2D eigenvalue weighted by Crippen LogP contribution is -2.32. The molecule has 0 aromatic heterocycles. The average molecular weight is 384 g/mol. The van der Waals surface area contributed by atoms with Gasteiger partial charge in [0.15, 0.2) is 0 Å². The van der Waals surface area contributed by atoms with Crippen molar-refractivity contribution in [3.63, 3.8) is 0 Å². The first-order valence-electron chi connectivity index (χ1n) is 10.4. The number of nitrogens with zero attached hydrogens (tertiary/aromatic N) is 1. The summed E-state index contributed by atoms with van der Waals surface area (Å²) in [7, 11) is 0. The zero-order chi connectivity index (χ0) is 19.8. The Morgan fingerprint density at radius 3 is 2.21 bits per heavy atom. The number of hydrogen-bond donors (Lipinski definition) is 1. The van der Waals surface area contributed by atoms with Crippen LogP contribution in [0.1, 0.15) is 52.0 Å². The normalized spacial score (nSPS) is 15.9. The zero-order valence-electron chi connectivity index (χ0n) is 16.3. The summed E-state index contributed by atoms with van der Waals surface area (Å²) < 4.78 is 0. The molecular weight excluding hydrogens is 360 g/mol. The van der Waals surface area contributed by atoms with E-state index in [0.717, 1.165) is 47.6 Å². The number of fused-ring (bicyclic) bond motifs is 1. The van der Waals surface area contributed by atoms with Crippen LogP contribution in [-0.4, -0.2) is 28.8 Å². The molecular formula is C25H24N2O2. The number of benzene rings is 3. The van der Waals surface area contributed by atoms with Crippen LogP contribution in [-0.2, 0) is 6.54 Å². The first-order valence-corrected chi connectivity index (χ1v) is 10.4. The number of hydrogen-bond acceptors (Lipinski definition) is 2. The van der Waals surface area contributed by atoms with E-state index in [9.17, 15) is 9.59 Å². The molecule has 2 aliphatic rings. The van der Waals surface area contributed by atoms with Crippen LogP contribution in [0.2, 0.25) is 0 Å². The van der Waals surface area contributed by atoms with Gasteiger partial charge in [0, 0.05) is 29.8 Å². The van der Waals surface area contributed by atoms with E-state index in [4.69, 9.17) is 0 Å². The van der Waals surface area contributed by atoms with Crippen molar-refractivity contribution in [2.75, 3.05) is 0 Å². The van der Waals surface area contributed by atoms with Crippen molar-refractivity contribution in [1.82, 2.24) is 10.2 Å². The summed E-state index contributed by atoms with van der Waals surface area (Å²) >= 11 is 0. The lowest BCUT2D eigenvalue weighted by atomic mass is 10.1. The molecule has 29 heavy (non-hydrogen) atoms. The molecule has 0 aliphatic heterocycles. The third-order valence-electron chi connectivity index (χ3n) is 5.73. The minimum atomic E-state index is -0.00895. The first-order chi connectivity index (χ1) is 14.2. The van der Waals surface area contributed by atoms with Gasteiger partial charge in [-0.25, -0.2) is 0 Å². The molecule has 0 bridgehead atoms. The van der Waals surface area contributed by atoms with E-state index >= 15 is 0 Å². The Hall–Kier alpha value is -3.14. The lowest BCUT2D eigenvalue weighted by molar-refractivity contribution is 0.0729. The second kappa shape index (κ2) is 7.36. The third kappa shape index (κ3) is 4.02. The third-order valence-corrected chi connectivity index (χ3v) is 5.73. The van der Waals surface area contributed by atoms with Crippen LogP contribution in [0.15, 0.2) is 66.7 Å². The highest BCUT2D eigenvalue weighted by atomic mass is 16.2. The summed E-state index contributed by atoms with van der Waals surface area (Å²) in [5, 5.41) is 5.23. The van der Waals surface area contributed by atoms with E-state index in [0.29, 0.717) is 24.2 Å². The standard InChI is InChI=1S/C25H24N2O2/c28-24(26-22-11-12-22)19-7-5-17(6-8-19)16-27(23-13-14-23)25(29)21-10-9-18-3-1-2-4-20(18)15-21/h1-10,15,22-23H,11-14,16H2,(H,26,28). The van der Waals surface area contributed by atoms with Crippen molar-refractivity contribution in [3.8, 4) is 0 Å². The Labute approximate surface area is 170 Å². The maximum absolute atomic E-state index is 13.2. The van der Waals surface area contributed by atoms with Crippen molar-refractivity contribution in [2.24, 2.45) is 0 Å². The maximum Gasteiger partial charge on any atom is 0.254 e. The summed E-state index contributed by atoms with van der Waals surface area (Å²) in [5.41, 5.74) is 2.46. The van der Waals surface area contributed by atoms with Crippen LogP contribution in [0, 0.1) is 0 Å². The van der Waals surface area contributed by atoms with Gasteiger partial charge in [-0.2, -0.15) is 0 Å². The minimum absolute atomic E-state index is 0.00895. The van der Waals surface area contributed by atoms with Gasteiger partial charge >= 0.3 is 0 Å². The zero-order valence-corrected chi connectivity index (χ0v) is 16.3. The van der Waals surface area contributed by atoms with Crippen molar-refractivity contribution in [1.29, 1.82) is 0 Å². The van der Waals surface area contributed by atoms with Gasteiger partial charge in [0.05, 0.1) is 0 Å². The predicted octanol–water partition coefficient (Wildman–Crippen LogP) is 4.54. The highest BCUT2D eigenvalue weighted by molar-refractivity contribution is 5.99. The number of rotatable bonds is 6. The van der Waals surface area contributed by atoms with E-state index in [1.54, 1.807) is 0 Å². The van der Waals surface area contributed by atoms with Gasteiger partial charge in [-0.3, -0.25) is 9.59 Å². The fraction of sp³-hybridized carbons (Fsp3) is 0.280. The molecule has 2 fully saturated rings. The molecule has 5 rings (SSSR count). The van der Waals surface area contributed by atoms with E-state index in [-0.39, 0.29) is 11.8 Å². The van der Waals surface area contributed by atoms with Crippen LogP contribution in [0.4, 0.5) is 0 Å². The van der Waals surface area contributed by atoms with Crippen LogP contribution in [0.5, 0.6) is 0 Å². The van der Waals surface area contributed by atoms with Crippen molar-refractivity contribution < 1.29 is 9.59 Å². The lowest BCUT2D eigenvalue weighted by Gasteiger charge is -2.23. The molecule has 4 nitrogen and oxygen atoms in total. The molecule has 0 radical (unpaired) electrons. The van der Waals surface area contributed by atoms with E-state index < -0.39 is 0 Å². The molecule has 0 heterocycles. The monoisotopic (exact) mass is 384 g/mol. The average Bonchev–Trinajstić information content (AvgIpc) is 3.67. The molecule has 2 aliphatic carbocycles. The topological polar surface area (TPSA) is 49.4 Å². The smallest absolute Gasteiger partial charge is 0.254 e. The molecule has 2 saturated carbocycles. The van der Waals surface area contributed by atoms with Crippen molar-refractivity contribution in [3.05, 3.63) is 83.4 Å². The SMILES string of the molecule is O=C(NC1CC1)c1ccc(CN(C(=O)c2ccc3ccccc3c2)C2CC2)cc1. The second-order valence-corrected chi connectivity index (χ2v) is 8.17. The summed E-state index contributed by atoms with van der Waals surface area (Å²) in [6.07, 6.45) is 4.27. The largest absolute Gasteiger partial charge is 0.349 e. The van der Waals surface area contributed by atoms with Gasteiger partial charge < -0.3 is 10.2 Å². The first kappa shape index (κ1) is 17.9.